The van der Waals surface area contributed by atoms with E-state index in [4.69, 9.17) is 0 Å². The molecule has 2 heteroatoms. The predicted molar refractivity (Wildman–Crippen MR) is 40.7 cm³/mol. The Morgan fingerprint density at radius 1 is 1.89 bits per heavy atom. The van der Waals surface area contributed by atoms with Crippen LogP contribution in [0.5, 0.6) is 0 Å². The van der Waals surface area contributed by atoms with Gasteiger partial charge in [0.15, 0.2) is 0 Å². The van der Waals surface area contributed by atoms with Crippen LogP contribution in [-0.2, 0) is 4.79 Å². The molecule has 1 heterocycles. The zero-order chi connectivity index (χ0) is 6.74. The van der Waals surface area contributed by atoms with Crippen molar-refractivity contribution in [2.45, 2.75) is 18.1 Å². The molecule has 1 atom stereocenters. The summed E-state index contributed by atoms with van der Waals surface area (Å²) in [6.45, 7) is 2.09. The Morgan fingerprint density at radius 3 is 3.11 bits per heavy atom. The molecule has 0 aromatic rings. The van der Waals surface area contributed by atoms with E-state index in [2.05, 4.69) is 19.1 Å². The highest BCUT2D eigenvalue weighted by Crippen LogP contribution is 2.33. The molecular formula is C7H10OS. The molecule has 1 unspecified atom stereocenters. The van der Waals surface area contributed by atoms with Crippen LogP contribution in [0.3, 0.4) is 0 Å². The van der Waals surface area contributed by atoms with Crippen molar-refractivity contribution in [2.75, 3.05) is 5.75 Å². The summed E-state index contributed by atoms with van der Waals surface area (Å²) in [4.78, 5) is 10.1. The van der Waals surface area contributed by atoms with Crippen LogP contribution in [0.1, 0.15) is 13.3 Å². The highest BCUT2D eigenvalue weighted by Gasteiger charge is 2.23. The smallest absolute Gasteiger partial charge is 0.121 e. The largest absolute Gasteiger partial charge is 0.303 e. The number of carbonyl (C=O) groups is 1. The summed E-state index contributed by atoms with van der Waals surface area (Å²) in [5.74, 6) is 1.06. The van der Waals surface area contributed by atoms with Crippen molar-refractivity contribution in [1.29, 1.82) is 0 Å². The molecule has 50 valence electrons. The van der Waals surface area contributed by atoms with Crippen molar-refractivity contribution in [1.82, 2.24) is 0 Å². The molecule has 1 aliphatic rings. The van der Waals surface area contributed by atoms with E-state index in [0.29, 0.717) is 6.42 Å². The van der Waals surface area contributed by atoms with Crippen molar-refractivity contribution in [3.63, 3.8) is 0 Å². The summed E-state index contributed by atoms with van der Waals surface area (Å²) in [5, 5.41) is 0. The van der Waals surface area contributed by atoms with Crippen LogP contribution in [0.2, 0.25) is 0 Å². The van der Waals surface area contributed by atoms with Gasteiger partial charge in [-0.2, -0.15) is 0 Å². The van der Waals surface area contributed by atoms with Crippen LogP contribution in [0.4, 0.5) is 0 Å². The fourth-order valence-electron chi connectivity index (χ4n) is 0.876. The Morgan fingerprint density at radius 2 is 2.67 bits per heavy atom. The lowest BCUT2D eigenvalue weighted by molar-refractivity contribution is -0.108. The Balaban J connectivity index is 2.51. The van der Waals surface area contributed by atoms with Crippen LogP contribution in [-0.4, -0.2) is 16.8 Å². The van der Waals surface area contributed by atoms with Gasteiger partial charge in [-0.25, -0.2) is 0 Å². The molecule has 1 aliphatic heterocycles. The molecule has 0 amide bonds. The first-order valence-electron chi connectivity index (χ1n) is 3.02. The van der Waals surface area contributed by atoms with Crippen molar-refractivity contribution < 1.29 is 4.79 Å². The standard InChI is InChI=1S/C7H10OS/c1-7(4-5-8)3-2-6-9-7/h2-3,5H,4,6H2,1H3. The molecular weight excluding hydrogens is 132 g/mol. The predicted octanol–water partition coefficient (Wildman–Crippen LogP) is 1.64. The number of hydrogen-bond donors (Lipinski definition) is 0. The van der Waals surface area contributed by atoms with Crippen LogP contribution in [0, 0.1) is 0 Å². The maximum atomic E-state index is 10.1. The molecule has 0 bridgehead atoms. The van der Waals surface area contributed by atoms with Gasteiger partial charge < -0.3 is 4.79 Å². The molecule has 0 saturated heterocycles. The van der Waals surface area contributed by atoms with Gasteiger partial charge in [0.2, 0.25) is 0 Å². The first-order valence-corrected chi connectivity index (χ1v) is 4.01. The first-order chi connectivity index (χ1) is 4.27. The third-order valence-electron chi connectivity index (χ3n) is 1.47. The molecule has 0 radical (unpaired) electrons. The normalized spacial score (nSPS) is 33.0. The van der Waals surface area contributed by atoms with Gasteiger partial charge in [0.1, 0.15) is 6.29 Å². The lowest BCUT2D eigenvalue weighted by Crippen LogP contribution is -2.13. The van der Waals surface area contributed by atoms with Gasteiger partial charge in [-0.05, 0) is 6.92 Å². The van der Waals surface area contributed by atoms with E-state index in [-0.39, 0.29) is 4.75 Å². The monoisotopic (exact) mass is 142 g/mol. The van der Waals surface area contributed by atoms with Crippen LogP contribution >= 0.6 is 11.8 Å². The molecule has 0 spiro atoms. The van der Waals surface area contributed by atoms with E-state index in [9.17, 15) is 4.79 Å². The molecule has 1 nitrogen and oxygen atoms in total. The van der Waals surface area contributed by atoms with Gasteiger partial charge in [-0.1, -0.05) is 12.2 Å². The average Bonchev–Trinajstić information content (AvgIpc) is 2.16. The van der Waals surface area contributed by atoms with E-state index in [0.717, 1.165) is 12.0 Å². The fourth-order valence-corrected chi connectivity index (χ4v) is 1.83. The molecule has 0 aromatic carbocycles. The third-order valence-corrected chi connectivity index (χ3v) is 2.79. The van der Waals surface area contributed by atoms with Crippen molar-refractivity contribution in [3.05, 3.63) is 12.2 Å². The summed E-state index contributed by atoms with van der Waals surface area (Å²) >= 11 is 1.83. The quantitative estimate of drug-likeness (QED) is 0.430. The number of carbonyl (C=O) groups excluding carboxylic acids is 1. The second-order valence-corrected chi connectivity index (χ2v) is 3.95. The van der Waals surface area contributed by atoms with E-state index in [1.54, 1.807) is 0 Å². The topological polar surface area (TPSA) is 17.1 Å². The lowest BCUT2D eigenvalue weighted by Gasteiger charge is -2.16. The van der Waals surface area contributed by atoms with Crippen molar-refractivity contribution >= 4 is 18.0 Å². The van der Waals surface area contributed by atoms with Crippen LogP contribution in [0.15, 0.2) is 12.2 Å². The summed E-state index contributed by atoms with van der Waals surface area (Å²) < 4.78 is 0.113. The molecule has 0 aliphatic carbocycles. The van der Waals surface area contributed by atoms with Gasteiger partial charge >= 0.3 is 0 Å². The Labute approximate surface area is 59.5 Å². The molecule has 0 aromatic heterocycles. The minimum atomic E-state index is 0.113. The molecule has 0 N–H and O–H groups in total. The van der Waals surface area contributed by atoms with Gasteiger partial charge in [0, 0.05) is 16.9 Å². The number of aldehydes is 1. The first kappa shape index (κ1) is 6.87. The van der Waals surface area contributed by atoms with Crippen molar-refractivity contribution in [3.8, 4) is 0 Å². The maximum Gasteiger partial charge on any atom is 0.121 e. The highest BCUT2D eigenvalue weighted by molar-refractivity contribution is 8.01. The molecule has 0 fully saturated rings. The Hall–Kier alpha value is -0.240. The van der Waals surface area contributed by atoms with Gasteiger partial charge in [-0.15, -0.1) is 11.8 Å². The number of thioether (sulfide) groups is 1. The second-order valence-electron chi connectivity index (χ2n) is 2.40. The van der Waals surface area contributed by atoms with Crippen molar-refractivity contribution in [2.24, 2.45) is 0 Å². The van der Waals surface area contributed by atoms with E-state index in [1.807, 2.05) is 11.8 Å². The second kappa shape index (κ2) is 2.56. The number of hydrogen-bond acceptors (Lipinski definition) is 2. The fraction of sp³-hybridized carbons (Fsp3) is 0.571. The minimum absolute atomic E-state index is 0.113. The van der Waals surface area contributed by atoms with E-state index in [1.165, 1.54) is 0 Å². The summed E-state index contributed by atoms with van der Waals surface area (Å²) in [6, 6.07) is 0. The van der Waals surface area contributed by atoms with Gasteiger partial charge in [0.05, 0.1) is 0 Å². The number of rotatable bonds is 2. The van der Waals surface area contributed by atoms with Crippen LogP contribution < -0.4 is 0 Å². The Kier molecular flexibility index (Phi) is 1.96. The van der Waals surface area contributed by atoms with Crippen LogP contribution in [0.25, 0.3) is 0 Å². The Bertz CT molecular complexity index is 142. The molecule has 0 saturated carbocycles. The zero-order valence-corrected chi connectivity index (χ0v) is 6.28. The molecule has 9 heavy (non-hydrogen) atoms. The van der Waals surface area contributed by atoms with Gasteiger partial charge in [0.25, 0.3) is 0 Å². The zero-order valence-electron chi connectivity index (χ0n) is 5.46. The van der Waals surface area contributed by atoms with E-state index >= 15 is 0 Å². The SMILES string of the molecule is CC1(CC=O)C=CCS1. The van der Waals surface area contributed by atoms with Gasteiger partial charge in [-0.3, -0.25) is 0 Å². The van der Waals surface area contributed by atoms with E-state index < -0.39 is 0 Å². The maximum absolute atomic E-state index is 10.1. The minimum Gasteiger partial charge on any atom is -0.303 e. The summed E-state index contributed by atoms with van der Waals surface area (Å²) in [6.07, 6.45) is 5.87. The third kappa shape index (κ3) is 1.58. The summed E-state index contributed by atoms with van der Waals surface area (Å²) in [5.41, 5.74) is 0. The average molecular weight is 142 g/mol. The highest BCUT2D eigenvalue weighted by atomic mass is 32.2. The lowest BCUT2D eigenvalue weighted by atomic mass is 10.1. The molecule has 1 rings (SSSR count). The summed E-state index contributed by atoms with van der Waals surface area (Å²) in [7, 11) is 0.